The number of aliphatic hydroxyl groups is 1. The first-order chi connectivity index (χ1) is 7.00. The number of thioether (sulfide) groups is 1. The number of aliphatic hydroxyl groups excluding tert-OH is 1. The average Bonchev–Trinajstić information content (AvgIpc) is 2.17. The Bertz CT molecular complexity index is 295. The number of nitrogens with zero attached hydrogens (tertiary/aromatic N) is 1. The van der Waals surface area contributed by atoms with E-state index in [0.29, 0.717) is 5.25 Å². The lowest BCUT2D eigenvalue weighted by Gasteiger charge is -2.18. The minimum atomic E-state index is -0.511. The van der Waals surface area contributed by atoms with Crippen molar-refractivity contribution in [3.63, 3.8) is 0 Å². The molecule has 0 saturated carbocycles. The molecule has 0 amide bonds. The summed E-state index contributed by atoms with van der Waals surface area (Å²) in [5.41, 5.74) is 0.938. The monoisotopic (exact) mass is 225 g/mol. The maximum Gasteiger partial charge on any atom is 0.133 e. The van der Waals surface area contributed by atoms with Gasteiger partial charge in [-0.1, -0.05) is 26.0 Å². The SMILES string of the molecule is CC(C)Sc1ccc(C(O)N(C)C)cc1. The van der Waals surface area contributed by atoms with E-state index in [1.54, 1.807) is 4.90 Å². The van der Waals surface area contributed by atoms with Crippen LogP contribution in [0.25, 0.3) is 0 Å². The molecule has 0 aliphatic heterocycles. The van der Waals surface area contributed by atoms with Gasteiger partial charge in [-0.2, -0.15) is 0 Å². The van der Waals surface area contributed by atoms with Crippen LogP contribution in [-0.4, -0.2) is 29.4 Å². The van der Waals surface area contributed by atoms with Gasteiger partial charge in [0.05, 0.1) is 0 Å². The normalized spacial score (nSPS) is 13.5. The highest BCUT2D eigenvalue weighted by Gasteiger charge is 2.09. The topological polar surface area (TPSA) is 23.5 Å². The highest BCUT2D eigenvalue weighted by Crippen LogP contribution is 2.24. The summed E-state index contributed by atoms with van der Waals surface area (Å²) in [4.78, 5) is 3.03. The van der Waals surface area contributed by atoms with Crippen molar-refractivity contribution in [3.05, 3.63) is 29.8 Å². The maximum atomic E-state index is 9.79. The van der Waals surface area contributed by atoms with E-state index in [2.05, 4.69) is 26.0 Å². The van der Waals surface area contributed by atoms with Crippen LogP contribution in [0.1, 0.15) is 25.6 Å². The van der Waals surface area contributed by atoms with E-state index >= 15 is 0 Å². The van der Waals surface area contributed by atoms with Crippen molar-refractivity contribution in [2.75, 3.05) is 14.1 Å². The van der Waals surface area contributed by atoms with Crippen molar-refractivity contribution < 1.29 is 5.11 Å². The van der Waals surface area contributed by atoms with E-state index in [-0.39, 0.29) is 0 Å². The first-order valence-electron chi connectivity index (χ1n) is 5.12. The molecule has 0 aliphatic carbocycles. The fraction of sp³-hybridized carbons (Fsp3) is 0.500. The zero-order valence-corrected chi connectivity index (χ0v) is 10.6. The zero-order valence-electron chi connectivity index (χ0n) is 9.77. The van der Waals surface area contributed by atoms with Crippen molar-refractivity contribution in [2.45, 2.75) is 30.2 Å². The summed E-state index contributed by atoms with van der Waals surface area (Å²) >= 11 is 1.83. The second-order valence-electron chi connectivity index (χ2n) is 4.07. The average molecular weight is 225 g/mol. The molecule has 0 aromatic heterocycles. The van der Waals surface area contributed by atoms with Crippen LogP contribution in [0.5, 0.6) is 0 Å². The van der Waals surface area contributed by atoms with E-state index in [1.807, 2.05) is 38.0 Å². The standard InChI is InChI=1S/C12H19NOS/c1-9(2)15-11-7-5-10(6-8-11)12(14)13(3)4/h5-9,12,14H,1-4H3. The van der Waals surface area contributed by atoms with Crippen molar-refractivity contribution in [3.8, 4) is 0 Å². The van der Waals surface area contributed by atoms with Gasteiger partial charge < -0.3 is 5.11 Å². The summed E-state index contributed by atoms with van der Waals surface area (Å²) in [6.45, 7) is 4.35. The van der Waals surface area contributed by atoms with Crippen molar-refractivity contribution in [1.82, 2.24) is 4.90 Å². The molecule has 84 valence electrons. The molecular weight excluding hydrogens is 206 g/mol. The fourth-order valence-corrected chi connectivity index (χ4v) is 2.13. The quantitative estimate of drug-likeness (QED) is 0.629. The van der Waals surface area contributed by atoms with E-state index in [4.69, 9.17) is 0 Å². The number of rotatable bonds is 4. The molecule has 1 rings (SSSR count). The number of benzene rings is 1. The van der Waals surface area contributed by atoms with Crippen LogP contribution >= 0.6 is 11.8 Å². The number of hydrogen-bond acceptors (Lipinski definition) is 3. The summed E-state index contributed by atoms with van der Waals surface area (Å²) in [7, 11) is 3.73. The Labute approximate surface area is 96.3 Å². The predicted molar refractivity (Wildman–Crippen MR) is 66.1 cm³/mol. The molecule has 0 spiro atoms. The third-order valence-corrected chi connectivity index (χ3v) is 3.05. The van der Waals surface area contributed by atoms with E-state index in [1.165, 1.54) is 4.90 Å². The Kier molecular flexibility index (Phi) is 4.64. The number of hydrogen-bond donors (Lipinski definition) is 1. The van der Waals surface area contributed by atoms with Gasteiger partial charge in [-0.3, -0.25) is 4.90 Å². The molecule has 1 unspecified atom stereocenters. The fourth-order valence-electron chi connectivity index (χ4n) is 1.29. The lowest BCUT2D eigenvalue weighted by molar-refractivity contribution is 0.0395. The minimum Gasteiger partial charge on any atom is -0.374 e. The Morgan fingerprint density at radius 1 is 1.13 bits per heavy atom. The Morgan fingerprint density at radius 3 is 2.07 bits per heavy atom. The molecule has 0 heterocycles. The van der Waals surface area contributed by atoms with Crippen LogP contribution in [0.15, 0.2) is 29.2 Å². The summed E-state index contributed by atoms with van der Waals surface area (Å²) in [5, 5.41) is 10.4. The zero-order chi connectivity index (χ0) is 11.4. The van der Waals surface area contributed by atoms with Gasteiger partial charge in [0.2, 0.25) is 0 Å². The maximum absolute atomic E-state index is 9.79. The highest BCUT2D eigenvalue weighted by atomic mass is 32.2. The highest BCUT2D eigenvalue weighted by molar-refractivity contribution is 7.99. The van der Waals surface area contributed by atoms with Crippen LogP contribution in [0, 0.1) is 0 Å². The van der Waals surface area contributed by atoms with Crippen LogP contribution in [0.3, 0.4) is 0 Å². The Balaban J connectivity index is 2.72. The third-order valence-electron chi connectivity index (χ3n) is 2.04. The molecule has 1 aromatic carbocycles. The first-order valence-corrected chi connectivity index (χ1v) is 6.00. The second-order valence-corrected chi connectivity index (χ2v) is 5.72. The molecule has 15 heavy (non-hydrogen) atoms. The van der Waals surface area contributed by atoms with E-state index in [9.17, 15) is 5.11 Å². The molecule has 1 aromatic rings. The molecule has 0 bridgehead atoms. The smallest absolute Gasteiger partial charge is 0.133 e. The van der Waals surface area contributed by atoms with Crippen molar-refractivity contribution in [2.24, 2.45) is 0 Å². The van der Waals surface area contributed by atoms with Gasteiger partial charge in [0.1, 0.15) is 6.23 Å². The largest absolute Gasteiger partial charge is 0.374 e. The summed E-state index contributed by atoms with van der Waals surface area (Å²) in [6, 6.07) is 8.09. The summed E-state index contributed by atoms with van der Waals surface area (Å²) in [6.07, 6.45) is -0.511. The van der Waals surface area contributed by atoms with Gasteiger partial charge in [0.15, 0.2) is 0 Å². The lowest BCUT2D eigenvalue weighted by Crippen LogP contribution is -2.18. The Hall–Kier alpha value is -0.510. The third kappa shape index (κ3) is 3.86. The van der Waals surface area contributed by atoms with Crippen molar-refractivity contribution >= 4 is 11.8 Å². The molecular formula is C12H19NOS. The van der Waals surface area contributed by atoms with Crippen LogP contribution in [-0.2, 0) is 0 Å². The molecule has 0 radical (unpaired) electrons. The van der Waals surface area contributed by atoms with Gasteiger partial charge in [-0.15, -0.1) is 11.8 Å². The summed E-state index contributed by atoms with van der Waals surface area (Å²) in [5.74, 6) is 0. The molecule has 1 N–H and O–H groups in total. The first kappa shape index (κ1) is 12.6. The molecule has 0 aliphatic rings. The van der Waals surface area contributed by atoms with Gasteiger partial charge >= 0.3 is 0 Å². The van der Waals surface area contributed by atoms with Crippen LogP contribution < -0.4 is 0 Å². The predicted octanol–water partition coefficient (Wildman–Crippen LogP) is 2.74. The van der Waals surface area contributed by atoms with Gasteiger partial charge in [0.25, 0.3) is 0 Å². The van der Waals surface area contributed by atoms with Gasteiger partial charge in [-0.05, 0) is 31.8 Å². The molecule has 2 nitrogen and oxygen atoms in total. The second kappa shape index (κ2) is 5.54. The van der Waals surface area contributed by atoms with E-state index in [0.717, 1.165) is 5.56 Å². The van der Waals surface area contributed by atoms with Gasteiger partial charge in [0, 0.05) is 10.1 Å². The van der Waals surface area contributed by atoms with Gasteiger partial charge in [-0.25, -0.2) is 0 Å². The van der Waals surface area contributed by atoms with Crippen molar-refractivity contribution in [1.29, 1.82) is 0 Å². The van der Waals surface area contributed by atoms with E-state index < -0.39 is 6.23 Å². The molecule has 0 saturated heterocycles. The molecule has 1 atom stereocenters. The van der Waals surface area contributed by atoms with Crippen LogP contribution in [0.4, 0.5) is 0 Å². The van der Waals surface area contributed by atoms with Crippen LogP contribution in [0.2, 0.25) is 0 Å². The Morgan fingerprint density at radius 2 is 1.67 bits per heavy atom. The lowest BCUT2D eigenvalue weighted by atomic mass is 10.2. The molecule has 0 fully saturated rings. The minimum absolute atomic E-state index is 0.511. The summed E-state index contributed by atoms with van der Waals surface area (Å²) < 4.78 is 0. The molecule has 3 heteroatoms.